The monoisotopic (exact) mass is 894 g/mol. The third kappa shape index (κ3) is 6.60. The summed E-state index contributed by atoms with van der Waals surface area (Å²) in [5, 5.41) is 9.64. The molecule has 0 bridgehead atoms. The smallest absolute Gasteiger partial charge is 0.151 e. The number of hydrogen-bond donors (Lipinski definition) is 0. The van der Waals surface area contributed by atoms with E-state index in [-0.39, 0.29) is 12.3 Å². The van der Waals surface area contributed by atoms with E-state index in [1.165, 1.54) is 65.3 Å². The van der Waals surface area contributed by atoms with Crippen molar-refractivity contribution in [1.29, 1.82) is 0 Å². The zero-order valence-corrected chi connectivity index (χ0v) is 38.3. The quantitative estimate of drug-likeness (QED) is 0.158. The summed E-state index contributed by atoms with van der Waals surface area (Å²) in [5.74, 6) is 0. The van der Waals surface area contributed by atoms with Gasteiger partial charge in [-0.15, -0.1) is 0 Å². The average Bonchev–Trinajstić information content (AvgIpc) is 3.95. The summed E-state index contributed by atoms with van der Waals surface area (Å²) in [7, 11) is 0. The van der Waals surface area contributed by atoms with Gasteiger partial charge in [0.05, 0.1) is 22.7 Å². The van der Waals surface area contributed by atoms with Crippen LogP contribution in [-0.2, 0) is 0 Å². The molecule has 2 heterocycles. The Bertz CT molecular complexity index is 3700. The Labute approximate surface area is 407 Å². The van der Waals surface area contributed by atoms with Crippen molar-refractivity contribution < 1.29 is 0 Å². The lowest BCUT2D eigenvalue weighted by molar-refractivity contribution is 0.550. The van der Waals surface area contributed by atoms with E-state index in [0.29, 0.717) is 0 Å². The van der Waals surface area contributed by atoms with Crippen molar-refractivity contribution in [3.8, 4) is 22.3 Å². The maximum atomic E-state index is 2.64. The van der Waals surface area contributed by atoms with Crippen LogP contribution >= 0.6 is 0 Å². The first-order valence-electron chi connectivity index (χ1n) is 24.2. The van der Waals surface area contributed by atoms with Gasteiger partial charge in [-0.2, -0.15) is 0 Å². The minimum absolute atomic E-state index is 0.339. The van der Waals surface area contributed by atoms with Gasteiger partial charge in [0.1, 0.15) is 0 Å². The molecule has 2 unspecified atom stereocenters. The SMILES string of the molecule is c1ccc(-c2ccc3c(c2)N(c2ccc4ccccc4c2)C(C2N(c4ccc5ccccc5c4)c4ccc(-c5ccccc5)cc4N2c2ccc4ccccc4c2)N3c2ccc3ccccc3c2)cc1. The van der Waals surface area contributed by atoms with Crippen LogP contribution in [0.5, 0.6) is 0 Å². The topological polar surface area (TPSA) is 13.0 Å². The lowest BCUT2D eigenvalue weighted by atomic mass is 10.0. The molecule has 0 amide bonds. The zero-order valence-electron chi connectivity index (χ0n) is 38.3. The molecule has 0 N–H and O–H groups in total. The molecule has 70 heavy (non-hydrogen) atoms. The van der Waals surface area contributed by atoms with E-state index in [1.807, 2.05) is 0 Å². The minimum atomic E-state index is -0.339. The Balaban J connectivity index is 1.10. The van der Waals surface area contributed by atoms with Gasteiger partial charge in [0.25, 0.3) is 0 Å². The molecule has 2 aliphatic rings. The molecule has 12 aromatic carbocycles. The number of nitrogens with zero attached hydrogens (tertiary/aromatic N) is 4. The largest absolute Gasteiger partial charge is 0.314 e. The van der Waals surface area contributed by atoms with Crippen LogP contribution < -0.4 is 19.6 Å². The molecule has 0 saturated carbocycles. The number of anilines is 8. The summed E-state index contributed by atoms with van der Waals surface area (Å²) in [6, 6.07) is 98.7. The fraction of sp³-hybridized carbons (Fsp3) is 0.0303. The van der Waals surface area contributed by atoms with Gasteiger partial charge in [-0.1, -0.05) is 194 Å². The Kier molecular flexibility index (Phi) is 9.31. The first-order valence-corrected chi connectivity index (χ1v) is 24.2. The van der Waals surface area contributed by atoms with Gasteiger partial charge < -0.3 is 19.6 Å². The standard InChI is InChI=1S/C66H46N4/c1-3-15-45(16-4-1)55-31-37-61-63(43-55)69(59-35-29-49-21-9-13-25-53(49)41-59)65(67(61)57-33-27-47-19-7-11-23-51(47)39-57)66-68(58-34-28-48-20-8-12-24-52(48)40-58)62-38-32-56(46-17-5-2-6-18-46)44-64(62)70(66)60-36-30-50-22-10-14-26-54(50)42-60/h1-44,65-66H. The third-order valence-electron chi connectivity index (χ3n) is 14.6. The van der Waals surface area contributed by atoms with Crippen molar-refractivity contribution in [2.75, 3.05) is 19.6 Å². The minimum Gasteiger partial charge on any atom is -0.314 e. The Morgan fingerprint density at radius 2 is 0.457 bits per heavy atom. The van der Waals surface area contributed by atoms with Crippen LogP contribution in [0.2, 0.25) is 0 Å². The van der Waals surface area contributed by atoms with Gasteiger partial charge in [0, 0.05) is 22.7 Å². The summed E-state index contributed by atoms with van der Waals surface area (Å²) >= 11 is 0. The molecule has 0 aromatic heterocycles. The number of fused-ring (bicyclic) bond motifs is 6. The molecule has 0 spiro atoms. The fourth-order valence-electron chi connectivity index (χ4n) is 11.3. The van der Waals surface area contributed by atoms with Crippen LogP contribution in [0, 0.1) is 0 Å². The Hall–Kier alpha value is -9.12. The van der Waals surface area contributed by atoms with E-state index in [1.54, 1.807) is 0 Å². The first-order chi connectivity index (χ1) is 34.7. The summed E-state index contributed by atoms with van der Waals surface area (Å²) in [6.45, 7) is 0. The van der Waals surface area contributed by atoms with Crippen LogP contribution in [0.25, 0.3) is 65.3 Å². The molecule has 4 nitrogen and oxygen atoms in total. The molecule has 2 aliphatic heterocycles. The lowest BCUT2D eigenvalue weighted by Crippen LogP contribution is -2.58. The second-order valence-corrected chi connectivity index (χ2v) is 18.6. The molecule has 14 rings (SSSR count). The molecule has 12 aromatic rings. The summed E-state index contributed by atoms with van der Waals surface area (Å²) < 4.78 is 0. The number of benzene rings is 12. The molecule has 330 valence electrons. The van der Waals surface area contributed by atoms with Crippen LogP contribution in [0.4, 0.5) is 45.5 Å². The second kappa shape index (κ2) is 16.3. The number of hydrogen-bond acceptors (Lipinski definition) is 4. The van der Waals surface area contributed by atoms with E-state index in [4.69, 9.17) is 0 Å². The van der Waals surface area contributed by atoms with Gasteiger partial charge in [-0.05, 0) is 138 Å². The molecular weight excluding hydrogens is 849 g/mol. The Morgan fingerprint density at radius 1 is 0.186 bits per heavy atom. The summed E-state index contributed by atoms with van der Waals surface area (Å²) in [4.78, 5) is 10.5. The highest BCUT2D eigenvalue weighted by molar-refractivity contribution is 6.01. The van der Waals surface area contributed by atoms with E-state index in [9.17, 15) is 0 Å². The first kappa shape index (κ1) is 40.0. The highest BCUT2D eigenvalue weighted by Crippen LogP contribution is 2.57. The zero-order chi connectivity index (χ0) is 46.1. The van der Waals surface area contributed by atoms with Crippen molar-refractivity contribution in [3.63, 3.8) is 0 Å². The maximum absolute atomic E-state index is 2.64. The van der Waals surface area contributed by atoms with Crippen molar-refractivity contribution in [3.05, 3.63) is 267 Å². The maximum Gasteiger partial charge on any atom is 0.151 e. The van der Waals surface area contributed by atoms with E-state index >= 15 is 0 Å². The van der Waals surface area contributed by atoms with E-state index in [0.717, 1.165) is 45.5 Å². The highest BCUT2D eigenvalue weighted by atomic mass is 15.5. The molecule has 0 aliphatic carbocycles. The molecule has 0 fully saturated rings. The van der Waals surface area contributed by atoms with Gasteiger partial charge in [0.15, 0.2) is 12.3 Å². The van der Waals surface area contributed by atoms with Crippen LogP contribution in [0.1, 0.15) is 0 Å². The average molecular weight is 895 g/mol. The van der Waals surface area contributed by atoms with Gasteiger partial charge in [0.2, 0.25) is 0 Å². The third-order valence-corrected chi connectivity index (χ3v) is 14.6. The van der Waals surface area contributed by atoms with E-state index in [2.05, 4.69) is 287 Å². The van der Waals surface area contributed by atoms with Crippen molar-refractivity contribution >= 4 is 88.6 Å². The Morgan fingerprint density at radius 3 is 0.771 bits per heavy atom. The molecular formula is C66H46N4. The van der Waals surface area contributed by atoms with Gasteiger partial charge >= 0.3 is 0 Å². The second-order valence-electron chi connectivity index (χ2n) is 18.6. The van der Waals surface area contributed by atoms with Crippen LogP contribution in [0.3, 0.4) is 0 Å². The summed E-state index contributed by atoms with van der Waals surface area (Å²) in [5.41, 5.74) is 13.8. The normalized spacial score (nSPS) is 15.3. The predicted molar refractivity (Wildman–Crippen MR) is 296 cm³/mol. The van der Waals surface area contributed by atoms with Crippen molar-refractivity contribution in [2.24, 2.45) is 0 Å². The van der Waals surface area contributed by atoms with Crippen molar-refractivity contribution in [1.82, 2.24) is 0 Å². The lowest BCUT2D eigenvalue weighted by Gasteiger charge is -2.44. The van der Waals surface area contributed by atoms with Crippen LogP contribution in [-0.4, -0.2) is 12.3 Å². The molecule has 0 radical (unpaired) electrons. The van der Waals surface area contributed by atoms with Gasteiger partial charge in [-0.25, -0.2) is 0 Å². The van der Waals surface area contributed by atoms with Gasteiger partial charge in [-0.3, -0.25) is 0 Å². The number of rotatable bonds is 7. The molecule has 2 atom stereocenters. The van der Waals surface area contributed by atoms with Crippen molar-refractivity contribution in [2.45, 2.75) is 12.3 Å². The molecule has 4 heteroatoms. The van der Waals surface area contributed by atoms with E-state index < -0.39 is 0 Å². The predicted octanol–water partition coefficient (Wildman–Crippen LogP) is 17.6. The molecule has 0 saturated heterocycles. The van der Waals surface area contributed by atoms with Crippen LogP contribution in [0.15, 0.2) is 267 Å². The highest BCUT2D eigenvalue weighted by Gasteiger charge is 2.52. The fourth-order valence-corrected chi connectivity index (χ4v) is 11.3. The summed E-state index contributed by atoms with van der Waals surface area (Å²) in [6.07, 6.45) is -0.678.